The summed E-state index contributed by atoms with van der Waals surface area (Å²) in [5.41, 5.74) is 0. The van der Waals surface area contributed by atoms with Crippen LogP contribution in [0.4, 0.5) is 0 Å². The summed E-state index contributed by atoms with van der Waals surface area (Å²) < 4.78 is 16.8. The summed E-state index contributed by atoms with van der Waals surface area (Å²) in [6, 6.07) is 0. The van der Waals surface area contributed by atoms with Crippen LogP contribution in [0.2, 0.25) is 0 Å². The third-order valence-electron chi connectivity index (χ3n) is 12.5. The largest absolute Gasteiger partial charge is 0.462 e. The van der Waals surface area contributed by atoms with E-state index in [-0.39, 0.29) is 31.1 Å². The van der Waals surface area contributed by atoms with Gasteiger partial charge in [0.2, 0.25) is 0 Å². The fourth-order valence-electron chi connectivity index (χ4n) is 8.06. The summed E-state index contributed by atoms with van der Waals surface area (Å²) >= 11 is 0. The zero-order valence-electron chi connectivity index (χ0n) is 46.2. The molecule has 71 heavy (non-hydrogen) atoms. The Balaban J connectivity index is 4.52. The summed E-state index contributed by atoms with van der Waals surface area (Å²) in [4.78, 5) is 38.2. The molecule has 0 heterocycles. The van der Waals surface area contributed by atoms with Gasteiger partial charge in [0.05, 0.1) is 0 Å². The topological polar surface area (TPSA) is 78.9 Å². The standard InChI is InChI=1S/C65H108O6/c1-4-7-10-13-16-19-22-25-28-31-33-35-37-40-43-46-49-52-55-58-64(67)70-61-62(60-69-63(66)57-54-51-48-45-42-39-36-30-27-24-21-18-15-12-9-6-3)71-65(68)59-56-53-50-47-44-41-38-34-32-29-26-23-20-17-14-11-8-5-2/h7,10,13,16,19,22,25,28-29,31-35,37-38,40,43,62H,4-6,8-9,11-12,14-15,17-18,20-21,23-24,26-27,30,36,39,41-42,44-61H2,1-3H3/b10-7-,16-13-,22-19-,28-25-,32-29-,33-31+,37-35-,38-34-,43-40-. The van der Waals surface area contributed by atoms with E-state index in [4.69, 9.17) is 14.2 Å². The maximum absolute atomic E-state index is 12.9. The van der Waals surface area contributed by atoms with E-state index in [1.807, 2.05) is 72.9 Å². The van der Waals surface area contributed by atoms with Crippen LogP contribution in [0, 0.1) is 0 Å². The Kier molecular flexibility index (Phi) is 55.4. The SMILES string of the molecule is CC\C=C/C=C\C=C/C=C\C=C\C=C/C=C\CCCCCC(=O)OCC(COC(=O)CCCCCCCCCCCCCCCCCC)OC(=O)CCCCCCC/C=C\C=C/CCCCCCCCC. The van der Waals surface area contributed by atoms with Crippen LogP contribution < -0.4 is 0 Å². The van der Waals surface area contributed by atoms with E-state index in [0.29, 0.717) is 19.3 Å². The van der Waals surface area contributed by atoms with Gasteiger partial charge in [0, 0.05) is 19.3 Å². The smallest absolute Gasteiger partial charge is 0.306 e. The number of esters is 3. The highest BCUT2D eigenvalue weighted by Crippen LogP contribution is 2.16. The van der Waals surface area contributed by atoms with Gasteiger partial charge >= 0.3 is 17.9 Å². The molecule has 0 spiro atoms. The first-order valence-electron chi connectivity index (χ1n) is 29.5. The van der Waals surface area contributed by atoms with Crippen LogP contribution >= 0.6 is 0 Å². The van der Waals surface area contributed by atoms with Crippen molar-refractivity contribution in [3.63, 3.8) is 0 Å². The molecule has 0 rings (SSSR count). The third kappa shape index (κ3) is 56.9. The van der Waals surface area contributed by atoms with Gasteiger partial charge in [0.1, 0.15) is 13.2 Å². The molecule has 6 nitrogen and oxygen atoms in total. The molecule has 0 aliphatic carbocycles. The molecular weight excluding hydrogens is 877 g/mol. The second-order valence-corrected chi connectivity index (χ2v) is 19.4. The number of hydrogen-bond acceptors (Lipinski definition) is 6. The van der Waals surface area contributed by atoms with Crippen LogP contribution in [0.3, 0.4) is 0 Å². The number of carbonyl (C=O) groups excluding carboxylic acids is 3. The van der Waals surface area contributed by atoms with Crippen molar-refractivity contribution in [3.8, 4) is 0 Å². The second kappa shape index (κ2) is 58.6. The van der Waals surface area contributed by atoms with Gasteiger partial charge in [-0.2, -0.15) is 0 Å². The lowest BCUT2D eigenvalue weighted by Crippen LogP contribution is -2.30. The Bertz CT molecular complexity index is 1460. The van der Waals surface area contributed by atoms with Gasteiger partial charge in [-0.25, -0.2) is 0 Å². The molecule has 0 aromatic rings. The van der Waals surface area contributed by atoms with Gasteiger partial charge in [-0.15, -0.1) is 0 Å². The molecule has 0 aromatic heterocycles. The van der Waals surface area contributed by atoms with Gasteiger partial charge in [0.15, 0.2) is 6.10 Å². The van der Waals surface area contributed by atoms with E-state index in [1.54, 1.807) is 0 Å². The minimum Gasteiger partial charge on any atom is -0.462 e. The minimum absolute atomic E-state index is 0.0988. The van der Waals surface area contributed by atoms with E-state index in [0.717, 1.165) is 89.9 Å². The monoisotopic (exact) mass is 985 g/mol. The minimum atomic E-state index is -0.807. The van der Waals surface area contributed by atoms with Crippen molar-refractivity contribution in [3.05, 3.63) is 109 Å². The van der Waals surface area contributed by atoms with Gasteiger partial charge in [-0.3, -0.25) is 14.4 Å². The van der Waals surface area contributed by atoms with Crippen LogP contribution in [0.15, 0.2) is 109 Å². The quantitative estimate of drug-likeness (QED) is 0.0261. The van der Waals surface area contributed by atoms with E-state index < -0.39 is 6.10 Å². The van der Waals surface area contributed by atoms with Crippen molar-refractivity contribution in [2.75, 3.05) is 13.2 Å². The lowest BCUT2D eigenvalue weighted by Gasteiger charge is -2.18. The molecule has 1 atom stereocenters. The zero-order chi connectivity index (χ0) is 51.4. The molecule has 1 unspecified atom stereocenters. The Morgan fingerprint density at radius 3 is 0.887 bits per heavy atom. The highest BCUT2D eigenvalue weighted by atomic mass is 16.6. The number of unbranched alkanes of at least 4 members (excludes halogenated alkanes) is 30. The van der Waals surface area contributed by atoms with Crippen molar-refractivity contribution < 1.29 is 28.6 Å². The Morgan fingerprint density at radius 1 is 0.296 bits per heavy atom. The zero-order valence-corrected chi connectivity index (χ0v) is 46.2. The number of carbonyl (C=O) groups is 3. The molecule has 6 heteroatoms. The molecule has 0 saturated heterocycles. The van der Waals surface area contributed by atoms with E-state index in [9.17, 15) is 14.4 Å². The molecular formula is C65H108O6. The average molecular weight is 986 g/mol. The van der Waals surface area contributed by atoms with Crippen molar-refractivity contribution in [1.82, 2.24) is 0 Å². The number of ether oxygens (including phenoxy) is 3. The van der Waals surface area contributed by atoms with Crippen molar-refractivity contribution in [2.24, 2.45) is 0 Å². The summed E-state index contributed by atoms with van der Waals surface area (Å²) in [6.07, 6.45) is 79.3. The summed E-state index contributed by atoms with van der Waals surface area (Å²) in [6.45, 7) is 6.45. The lowest BCUT2D eigenvalue weighted by molar-refractivity contribution is -0.167. The molecule has 0 aliphatic heterocycles. The first kappa shape index (κ1) is 67.1. The summed E-state index contributed by atoms with van der Waals surface area (Å²) in [5, 5.41) is 0. The van der Waals surface area contributed by atoms with E-state index in [2.05, 4.69) is 57.2 Å². The first-order chi connectivity index (χ1) is 35.0. The molecule has 0 saturated carbocycles. The second-order valence-electron chi connectivity index (χ2n) is 19.4. The van der Waals surface area contributed by atoms with Gasteiger partial charge in [-0.1, -0.05) is 291 Å². The van der Waals surface area contributed by atoms with Crippen LogP contribution in [0.25, 0.3) is 0 Å². The van der Waals surface area contributed by atoms with Crippen molar-refractivity contribution in [2.45, 2.75) is 271 Å². The van der Waals surface area contributed by atoms with Crippen LogP contribution in [0.5, 0.6) is 0 Å². The number of allylic oxidation sites excluding steroid dienone is 18. The molecule has 404 valence electrons. The van der Waals surface area contributed by atoms with Crippen LogP contribution in [0.1, 0.15) is 265 Å². The van der Waals surface area contributed by atoms with Crippen LogP contribution in [-0.2, 0) is 28.6 Å². The summed E-state index contributed by atoms with van der Waals surface area (Å²) in [5.74, 6) is -0.956. The van der Waals surface area contributed by atoms with Gasteiger partial charge in [-0.05, 0) is 64.2 Å². The first-order valence-corrected chi connectivity index (χ1v) is 29.5. The van der Waals surface area contributed by atoms with Crippen LogP contribution in [-0.4, -0.2) is 37.2 Å². The predicted octanol–water partition coefficient (Wildman–Crippen LogP) is 19.9. The molecule has 0 radical (unpaired) electrons. The number of hydrogen-bond donors (Lipinski definition) is 0. The van der Waals surface area contributed by atoms with Crippen molar-refractivity contribution in [1.29, 1.82) is 0 Å². The average Bonchev–Trinajstić information content (AvgIpc) is 3.37. The molecule has 0 aromatic carbocycles. The molecule has 0 N–H and O–H groups in total. The van der Waals surface area contributed by atoms with Crippen molar-refractivity contribution >= 4 is 17.9 Å². The molecule has 0 aliphatic rings. The maximum Gasteiger partial charge on any atom is 0.306 e. The highest BCUT2D eigenvalue weighted by Gasteiger charge is 2.19. The van der Waals surface area contributed by atoms with E-state index in [1.165, 1.54) is 135 Å². The van der Waals surface area contributed by atoms with Gasteiger partial charge < -0.3 is 14.2 Å². The van der Waals surface area contributed by atoms with E-state index >= 15 is 0 Å². The molecule has 0 amide bonds. The Hall–Kier alpha value is -3.93. The molecule has 0 fully saturated rings. The highest BCUT2D eigenvalue weighted by molar-refractivity contribution is 5.71. The Morgan fingerprint density at radius 2 is 0.549 bits per heavy atom. The van der Waals surface area contributed by atoms with Gasteiger partial charge in [0.25, 0.3) is 0 Å². The molecule has 0 bridgehead atoms. The summed E-state index contributed by atoms with van der Waals surface area (Å²) in [7, 11) is 0. The fourth-order valence-corrected chi connectivity index (χ4v) is 8.06. The fraction of sp³-hybridized carbons (Fsp3) is 0.677. The maximum atomic E-state index is 12.9. The number of rotatable bonds is 52. The predicted molar refractivity (Wildman–Crippen MR) is 307 cm³/mol. The Labute approximate surface area is 438 Å². The lowest BCUT2D eigenvalue weighted by atomic mass is 10.0. The third-order valence-corrected chi connectivity index (χ3v) is 12.5. The normalized spacial score (nSPS) is 12.9.